The average molecular weight is 374 g/mol. The second kappa shape index (κ2) is 7.61. The maximum Gasteiger partial charge on any atom is 0.338 e. The number of esters is 1. The minimum atomic E-state index is -1.08. The van der Waals surface area contributed by atoms with Gasteiger partial charge in [0.2, 0.25) is 0 Å². The zero-order valence-corrected chi connectivity index (χ0v) is 14.7. The maximum absolute atomic E-state index is 14.3. The summed E-state index contributed by atoms with van der Waals surface area (Å²) in [6, 6.07) is 11.6. The van der Waals surface area contributed by atoms with Crippen LogP contribution < -0.4 is 10.6 Å². The molecular weight excluding hydrogens is 358 g/mol. The predicted molar refractivity (Wildman–Crippen MR) is 96.9 cm³/mol. The van der Waals surface area contributed by atoms with E-state index in [9.17, 15) is 13.6 Å². The molecule has 1 aliphatic heterocycles. The molecule has 0 aliphatic carbocycles. The van der Waals surface area contributed by atoms with E-state index in [1.54, 1.807) is 6.92 Å². The van der Waals surface area contributed by atoms with Gasteiger partial charge in [-0.05, 0) is 36.8 Å². The molecule has 26 heavy (non-hydrogen) atoms. The average Bonchev–Trinajstić information content (AvgIpc) is 2.60. The Kier molecular flexibility index (Phi) is 5.27. The first kappa shape index (κ1) is 18.0. The summed E-state index contributed by atoms with van der Waals surface area (Å²) >= 11 is 5.07. The SMILES string of the molecule is CC1=C(C(=O)OCc2ccccc2)C(c2c(F)cccc2F)NC(=S)N1. The van der Waals surface area contributed by atoms with Crippen molar-refractivity contribution in [3.63, 3.8) is 0 Å². The Bertz CT molecular complexity index is 864. The molecular formula is C19H16F2N2O2S. The highest BCUT2D eigenvalue weighted by Gasteiger charge is 2.34. The third-order valence-corrected chi connectivity index (χ3v) is 4.21. The maximum atomic E-state index is 14.3. The van der Waals surface area contributed by atoms with Crippen molar-refractivity contribution in [2.24, 2.45) is 0 Å². The van der Waals surface area contributed by atoms with E-state index in [4.69, 9.17) is 17.0 Å². The lowest BCUT2D eigenvalue weighted by Crippen LogP contribution is -2.45. The van der Waals surface area contributed by atoms with Crippen LogP contribution in [-0.4, -0.2) is 11.1 Å². The molecule has 0 amide bonds. The molecule has 1 atom stereocenters. The van der Waals surface area contributed by atoms with E-state index in [1.165, 1.54) is 6.07 Å². The molecule has 0 radical (unpaired) electrons. The predicted octanol–water partition coefficient (Wildman–Crippen LogP) is 3.50. The van der Waals surface area contributed by atoms with Gasteiger partial charge >= 0.3 is 5.97 Å². The highest BCUT2D eigenvalue weighted by molar-refractivity contribution is 7.80. The van der Waals surface area contributed by atoms with Gasteiger partial charge in [0.15, 0.2) is 5.11 Å². The molecule has 0 saturated carbocycles. The molecule has 1 unspecified atom stereocenters. The second-order valence-electron chi connectivity index (χ2n) is 5.77. The van der Waals surface area contributed by atoms with Crippen LogP contribution in [-0.2, 0) is 16.1 Å². The quantitative estimate of drug-likeness (QED) is 0.634. The van der Waals surface area contributed by atoms with Crippen molar-refractivity contribution >= 4 is 23.3 Å². The number of carbonyl (C=O) groups excluding carboxylic acids is 1. The summed E-state index contributed by atoms with van der Waals surface area (Å²) in [5.74, 6) is -2.22. The Labute approximate surface area is 154 Å². The summed E-state index contributed by atoms with van der Waals surface area (Å²) in [4.78, 5) is 12.6. The van der Waals surface area contributed by atoms with E-state index in [-0.39, 0.29) is 22.9 Å². The van der Waals surface area contributed by atoms with Crippen molar-refractivity contribution in [3.8, 4) is 0 Å². The lowest BCUT2D eigenvalue weighted by Gasteiger charge is -2.30. The molecule has 1 aliphatic rings. The summed E-state index contributed by atoms with van der Waals surface area (Å²) in [5, 5.41) is 5.73. The standard InChI is InChI=1S/C19H16F2N2O2S/c1-11-15(18(24)25-10-12-6-3-2-4-7-12)17(23-19(26)22-11)16-13(20)8-5-9-14(16)21/h2-9,17H,10H2,1H3,(H2,22,23,26). The van der Waals surface area contributed by atoms with Gasteiger partial charge in [0, 0.05) is 5.70 Å². The van der Waals surface area contributed by atoms with Crippen LogP contribution in [0.15, 0.2) is 59.8 Å². The number of hydrogen-bond donors (Lipinski definition) is 2. The van der Waals surface area contributed by atoms with E-state index < -0.39 is 23.6 Å². The van der Waals surface area contributed by atoms with Crippen LogP contribution in [0.3, 0.4) is 0 Å². The Morgan fingerprint density at radius 3 is 2.42 bits per heavy atom. The molecule has 0 bridgehead atoms. The van der Waals surface area contributed by atoms with E-state index in [2.05, 4.69) is 10.6 Å². The van der Waals surface area contributed by atoms with Crippen LogP contribution >= 0.6 is 12.2 Å². The Morgan fingerprint density at radius 1 is 1.12 bits per heavy atom. The van der Waals surface area contributed by atoms with Crippen LogP contribution in [0.25, 0.3) is 0 Å². The molecule has 2 aromatic rings. The molecule has 2 aromatic carbocycles. The molecule has 4 nitrogen and oxygen atoms in total. The van der Waals surface area contributed by atoms with Gasteiger partial charge in [0.25, 0.3) is 0 Å². The monoisotopic (exact) mass is 374 g/mol. The van der Waals surface area contributed by atoms with Gasteiger partial charge < -0.3 is 15.4 Å². The third kappa shape index (κ3) is 3.72. The van der Waals surface area contributed by atoms with E-state index in [1.807, 2.05) is 30.3 Å². The number of nitrogens with one attached hydrogen (secondary N) is 2. The summed E-state index contributed by atoms with van der Waals surface area (Å²) in [6.45, 7) is 1.66. The summed E-state index contributed by atoms with van der Waals surface area (Å²) in [6.07, 6.45) is 0. The summed E-state index contributed by atoms with van der Waals surface area (Å²) in [7, 11) is 0. The Morgan fingerprint density at radius 2 is 1.77 bits per heavy atom. The second-order valence-corrected chi connectivity index (χ2v) is 6.18. The van der Waals surface area contributed by atoms with Crippen molar-refractivity contribution in [3.05, 3.63) is 82.6 Å². The van der Waals surface area contributed by atoms with Gasteiger partial charge in [0.1, 0.15) is 18.2 Å². The zero-order chi connectivity index (χ0) is 18.7. The fourth-order valence-corrected chi connectivity index (χ4v) is 3.04. The van der Waals surface area contributed by atoms with Gasteiger partial charge in [-0.2, -0.15) is 0 Å². The smallest absolute Gasteiger partial charge is 0.338 e. The number of hydrogen-bond acceptors (Lipinski definition) is 3. The molecule has 134 valence electrons. The lowest BCUT2D eigenvalue weighted by molar-refractivity contribution is -0.140. The Balaban J connectivity index is 1.92. The summed E-state index contributed by atoms with van der Waals surface area (Å²) in [5.41, 5.74) is 1.00. The topological polar surface area (TPSA) is 50.4 Å². The minimum Gasteiger partial charge on any atom is -0.457 e. The normalized spacial score (nSPS) is 16.7. The van der Waals surface area contributed by atoms with Crippen molar-refractivity contribution in [1.29, 1.82) is 0 Å². The van der Waals surface area contributed by atoms with Gasteiger partial charge in [-0.3, -0.25) is 0 Å². The lowest BCUT2D eigenvalue weighted by atomic mass is 9.95. The zero-order valence-electron chi connectivity index (χ0n) is 13.9. The molecule has 0 saturated heterocycles. The molecule has 2 N–H and O–H groups in total. The third-order valence-electron chi connectivity index (χ3n) is 3.99. The number of carbonyl (C=O) groups is 1. The first-order valence-electron chi connectivity index (χ1n) is 7.90. The fraction of sp³-hybridized carbons (Fsp3) is 0.158. The summed E-state index contributed by atoms with van der Waals surface area (Å²) < 4.78 is 33.9. The van der Waals surface area contributed by atoms with Crippen molar-refractivity contribution in [2.75, 3.05) is 0 Å². The fourth-order valence-electron chi connectivity index (χ4n) is 2.77. The van der Waals surface area contributed by atoms with E-state index >= 15 is 0 Å². The highest BCUT2D eigenvalue weighted by Crippen LogP contribution is 2.31. The molecule has 0 spiro atoms. The van der Waals surface area contributed by atoms with Gasteiger partial charge in [-0.15, -0.1) is 0 Å². The number of benzene rings is 2. The van der Waals surface area contributed by atoms with Crippen molar-refractivity contribution in [2.45, 2.75) is 19.6 Å². The van der Waals surface area contributed by atoms with Crippen LogP contribution in [0.2, 0.25) is 0 Å². The van der Waals surface area contributed by atoms with Gasteiger partial charge in [-0.1, -0.05) is 36.4 Å². The van der Waals surface area contributed by atoms with E-state index in [0.717, 1.165) is 17.7 Å². The minimum absolute atomic E-state index is 0.0490. The van der Waals surface area contributed by atoms with E-state index in [0.29, 0.717) is 5.70 Å². The van der Waals surface area contributed by atoms with Crippen LogP contribution in [0, 0.1) is 11.6 Å². The van der Waals surface area contributed by atoms with Gasteiger partial charge in [-0.25, -0.2) is 13.6 Å². The van der Waals surface area contributed by atoms with Crippen molar-refractivity contribution in [1.82, 2.24) is 10.6 Å². The van der Waals surface area contributed by atoms with Crippen LogP contribution in [0.4, 0.5) is 8.78 Å². The number of ether oxygens (including phenoxy) is 1. The molecule has 7 heteroatoms. The number of rotatable bonds is 4. The molecule has 0 fully saturated rings. The van der Waals surface area contributed by atoms with Crippen LogP contribution in [0.1, 0.15) is 24.1 Å². The number of thiocarbonyl (C=S) groups is 1. The molecule has 0 aromatic heterocycles. The number of allylic oxidation sites excluding steroid dienone is 1. The molecule has 3 rings (SSSR count). The van der Waals surface area contributed by atoms with Gasteiger partial charge in [0.05, 0.1) is 17.2 Å². The van der Waals surface area contributed by atoms with Crippen molar-refractivity contribution < 1.29 is 18.3 Å². The first-order valence-corrected chi connectivity index (χ1v) is 8.31. The first-order chi connectivity index (χ1) is 12.5. The Hall–Kier alpha value is -2.80. The van der Waals surface area contributed by atoms with Crippen LogP contribution in [0.5, 0.6) is 0 Å². The highest BCUT2D eigenvalue weighted by atomic mass is 32.1. The molecule has 1 heterocycles. The number of halogens is 2. The largest absolute Gasteiger partial charge is 0.457 e.